The van der Waals surface area contributed by atoms with Crippen molar-refractivity contribution in [3.05, 3.63) is 88.9 Å². The van der Waals surface area contributed by atoms with Crippen LogP contribution in [0.25, 0.3) is 5.76 Å². The van der Waals surface area contributed by atoms with Crippen LogP contribution in [0.15, 0.2) is 64.6 Å². The molecule has 0 radical (unpaired) electrons. The molecule has 2 heterocycles. The van der Waals surface area contributed by atoms with Crippen molar-refractivity contribution in [3.63, 3.8) is 0 Å². The highest BCUT2D eigenvalue weighted by molar-refractivity contribution is 6.51. The third kappa shape index (κ3) is 3.46. The first-order valence-electron chi connectivity index (χ1n) is 9.28. The van der Waals surface area contributed by atoms with Crippen molar-refractivity contribution in [2.75, 3.05) is 12.0 Å². The van der Waals surface area contributed by atoms with Gasteiger partial charge in [0.2, 0.25) is 0 Å². The molecular formula is C23H17F2NO5. The lowest BCUT2D eigenvalue weighted by Gasteiger charge is -2.23. The van der Waals surface area contributed by atoms with Gasteiger partial charge in [0.25, 0.3) is 11.7 Å². The lowest BCUT2D eigenvalue weighted by molar-refractivity contribution is -0.132. The number of methoxy groups -OCH3 is 1. The van der Waals surface area contributed by atoms with Crippen LogP contribution >= 0.6 is 0 Å². The highest BCUT2D eigenvalue weighted by Crippen LogP contribution is 2.43. The number of amides is 1. The van der Waals surface area contributed by atoms with E-state index in [-0.39, 0.29) is 16.9 Å². The van der Waals surface area contributed by atoms with E-state index in [1.165, 1.54) is 25.3 Å². The maximum absolute atomic E-state index is 14.6. The molecule has 3 aromatic rings. The third-order valence-electron chi connectivity index (χ3n) is 5.01. The summed E-state index contributed by atoms with van der Waals surface area (Å²) in [6.07, 6.45) is 0. The monoisotopic (exact) mass is 425 g/mol. The van der Waals surface area contributed by atoms with Crippen molar-refractivity contribution in [2.45, 2.75) is 13.0 Å². The summed E-state index contributed by atoms with van der Waals surface area (Å²) in [6.45, 7) is 1.65. The first-order chi connectivity index (χ1) is 14.8. The maximum Gasteiger partial charge on any atom is 0.300 e. The number of rotatable bonds is 4. The maximum atomic E-state index is 14.6. The molecule has 6 nitrogen and oxygen atoms in total. The van der Waals surface area contributed by atoms with E-state index in [2.05, 4.69) is 0 Å². The van der Waals surface area contributed by atoms with Crippen LogP contribution in [0.4, 0.5) is 14.5 Å². The molecule has 1 fully saturated rings. The molecular weight excluding hydrogens is 408 g/mol. The van der Waals surface area contributed by atoms with Crippen LogP contribution in [0.3, 0.4) is 0 Å². The second-order valence-corrected chi connectivity index (χ2v) is 6.94. The molecule has 1 aliphatic heterocycles. The molecule has 2 aromatic carbocycles. The Morgan fingerprint density at radius 3 is 2.39 bits per heavy atom. The predicted octanol–water partition coefficient (Wildman–Crippen LogP) is 4.50. The van der Waals surface area contributed by atoms with E-state index in [0.717, 1.165) is 23.1 Å². The van der Waals surface area contributed by atoms with Gasteiger partial charge >= 0.3 is 0 Å². The minimum atomic E-state index is -1.29. The molecule has 1 amide bonds. The molecule has 4 rings (SSSR count). The van der Waals surface area contributed by atoms with Gasteiger partial charge in [-0.15, -0.1) is 0 Å². The number of anilines is 1. The largest absolute Gasteiger partial charge is 0.507 e. The molecule has 0 saturated carbocycles. The molecule has 1 atom stereocenters. The number of hydrogen-bond acceptors (Lipinski definition) is 5. The minimum absolute atomic E-state index is 0.121. The first-order valence-corrected chi connectivity index (χ1v) is 9.28. The fourth-order valence-corrected chi connectivity index (χ4v) is 3.53. The van der Waals surface area contributed by atoms with Gasteiger partial charge in [0, 0.05) is 11.6 Å². The van der Waals surface area contributed by atoms with Crippen LogP contribution in [-0.2, 0) is 9.59 Å². The summed E-state index contributed by atoms with van der Waals surface area (Å²) in [7, 11) is 1.48. The summed E-state index contributed by atoms with van der Waals surface area (Å²) in [5, 5.41) is 10.9. The van der Waals surface area contributed by atoms with Gasteiger partial charge in [0.1, 0.15) is 40.7 Å². The third-order valence-corrected chi connectivity index (χ3v) is 5.01. The lowest BCUT2D eigenvalue weighted by atomic mass is 9.99. The second kappa shape index (κ2) is 7.71. The fraction of sp³-hybridized carbons (Fsp3) is 0.130. The first kappa shape index (κ1) is 20.3. The quantitative estimate of drug-likeness (QED) is 0.378. The van der Waals surface area contributed by atoms with E-state index in [1.807, 2.05) is 0 Å². The number of aliphatic hydroxyl groups is 1. The number of aliphatic hydroxyl groups excluding tert-OH is 1. The molecule has 1 unspecified atom stereocenters. The summed E-state index contributed by atoms with van der Waals surface area (Å²) >= 11 is 0. The van der Waals surface area contributed by atoms with Crippen molar-refractivity contribution in [1.82, 2.24) is 0 Å². The van der Waals surface area contributed by atoms with Gasteiger partial charge in [-0.2, -0.15) is 0 Å². The van der Waals surface area contributed by atoms with Crippen LogP contribution in [0.5, 0.6) is 5.75 Å². The van der Waals surface area contributed by atoms with Gasteiger partial charge in [-0.3, -0.25) is 14.5 Å². The summed E-state index contributed by atoms with van der Waals surface area (Å²) in [6, 6.07) is 10.6. The normalized spacial score (nSPS) is 17.9. The van der Waals surface area contributed by atoms with Crippen molar-refractivity contribution < 1.29 is 32.6 Å². The highest BCUT2D eigenvalue weighted by Gasteiger charge is 2.49. The summed E-state index contributed by atoms with van der Waals surface area (Å²) in [5.74, 6) is -3.20. The van der Waals surface area contributed by atoms with Crippen molar-refractivity contribution in [2.24, 2.45) is 0 Å². The van der Waals surface area contributed by atoms with Crippen LogP contribution in [-0.4, -0.2) is 23.9 Å². The molecule has 158 valence electrons. The summed E-state index contributed by atoms with van der Waals surface area (Å²) in [4.78, 5) is 26.6. The van der Waals surface area contributed by atoms with Crippen molar-refractivity contribution >= 4 is 23.1 Å². The van der Waals surface area contributed by atoms with Crippen molar-refractivity contribution in [1.29, 1.82) is 0 Å². The Morgan fingerprint density at radius 2 is 1.77 bits per heavy atom. The molecule has 31 heavy (non-hydrogen) atoms. The van der Waals surface area contributed by atoms with Crippen LogP contribution in [0.1, 0.15) is 23.1 Å². The van der Waals surface area contributed by atoms with Gasteiger partial charge in [-0.05, 0) is 55.5 Å². The van der Waals surface area contributed by atoms with Crippen LogP contribution < -0.4 is 9.64 Å². The van der Waals surface area contributed by atoms with E-state index in [0.29, 0.717) is 11.5 Å². The van der Waals surface area contributed by atoms with E-state index in [9.17, 15) is 23.5 Å². The topological polar surface area (TPSA) is 80.0 Å². The molecule has 0 aliphatic carbocycles. The number of hydrogen-bond donors (Lipinski definition) is 1. The molecule has 1 saturated heterocycles. The molecule has 0 spiro atoms. The number of benzene rings is 2. The Morgan fingerprint density at radius 1 is 1.06 bits per heavy atom. The molecule has 8 heteroatoms. The summed E-state index contributed by atoms with van der Waals surface area (Å²) in [5.41, 5.74) is -0.491. The lowest BCUT2D eigenvalue weighted by Crippen LogP contribution is -2.30. The average Bonchev–Trinajstić information content (AvgIpc) is 3.30. The Balaban J connectivity index is 1.94. The summed E-state index contributed by atoms with van der Waals surface area (Å²) < 4.78 is 39.1. The van der Waals surface area contributed by atoms with E-state index in [1.54, 1.807) is 25.1 Å². The molecule has 1 N–H and O–H groups in total. The number of carbonyl (C=O) groups excluding carboxylic acids is 2. The van der Waals surface area contributed by atoms with E-state index in [4.69, 9.17) is 9.15 Å². The Labute approximate surface area is 176 Å². The number of ether oxygens (including phenoxy) is 1. The number of aryl methyl sites for hydroxylation is 1. The van der Waals surface area contributed by atoms with Gasteiger partial charge in [-0.1, -0.05) is 0 Å². The van der Waals surface area contributed by atoms with Gasteiger partial charge in [0.15, 0.2) is 0 Å². The average molecular weight is 425 g/mol. The van der Waals surface area contributed by atoms with Crippen molar-refractivity contribution in [3.8, 4) is 5.75 Å². The van der Waals surface area contributed by atoms with Gasteiger partial charge in [-0.25, -0.2) is 8.78 Å². The number of ketones is 1. The number of Topliss-reactive ketones (excluding diaryl/α,β-unsaturated/α-hetero) is 1. The Bertz CT molecular complexity index is 1210. The molecule has 1 aliphatic rings. The molecule has 1 aromatic heterocycles. The number of furan rings is 1. The van der Waals surface area contributed by atoms with Crippen LogP contribution in [0, 0.1) is 18.6 Å². The zero-order valence-electron chi connectivity index (χ0n) is 16.6. The fourth-order valence-electron chi connectivity index (χ4n) is 3.53. The van der Waals surface area contributed by atoms with E-state index >= 15 is 0 Å². The smallest absolute Gasteiger partial charge is 0.300 e. The standard InChI is InChI=1S/C23H17F2NO5/c1-12-3-10-18(31-12)20-19(21(27)13-4-7-15(30-2)8-5-13)22(28)23(29)26(20)17-11-14(24)6-9-16(17)25/h3-11,20,27H,1-2H3/b21-19-. The number of nitrogens with zero attached hydrogens (tertiary/aromatic N) is 1. The van der Waals surface area contributed by atoms with E-state index < -0.39 is 40.8 Å². The van der Waals surface area contributed by atoms with Gasteiger partial charge in [0.05, 0.1) is 18.4 Å². The predicted molar refractivity (Wildman–Crippen MR) is 108 cm³/mol. The minimum Gasteiger partial charge on any atom is -0.507 e. The number of halogens is 2. The zero-order valence-corrected chi connectivity index (χ0v) is 16.6. The van der Waals surface area contributed by atoms with Crippen LogP contribution in [0.2, 0.25) is 0 Å². The number of carbonyl (C=O) groups is 2. The van der Waals surface area contributed by atoms with Gasteiger partial charge < -0.3 is 14.3 Å². The SMILES string of the molecule is COc1ccc(/C(O)=C2/C(=O)C(=O)N(c3cc(F)ccc3F)C2c2ccc(C)o2)cc1. The Kier molecular flexibility index (Phi) is 5.06. The highest BCUT2D eigenvalue weighted by atomic mass is 19.1. The zero-order chi connectivity index (χ0) is 22.3. The Hall–Kier alpha value is -3.94. The second-order valence-electron chi connectivity index (χ2n) is 6.94. The molecule has 0 bridgehead atoms.